The smallest absolute Gasteiger partial charge is 0.264 e. The molecule has 7 heteroatoms. The lowest BCUT2D eigenvalue weighted by Gasteiger charge is -2.07. The van der Waals surface area contributed by atoms with Crippen LogP contribution in [0, 0.1) is 6.92 Å². The van der Waals surface area contributed by atoms with E-state index in [-0.39, 0.29) is 12.5 Å². The summed E-state index contributed by atoms with van der Waals surface area (Å²) in [4.78, 5) is 16.4. The first kappa shape index (κ1) is 17.7. The van der Waals surface area contributed by atoms with Crippen LogP contribution >= 0.6 is 34.5 Å². The van der Waals surface area contributed by atoms with Crippen LogP contribution in [0.5, 0.6) is 5.75 Å². The average Bonchev–Trinajstić information content (AvgIpc) is 3.05. The van der Waals surface area contributed by atoms with Gasteiger partial charge in [0.25, 0.3) is 5.91 Å². The number of hydrogen-bond donors (Lipinski definition) is 1. The third-order valence-corrected chi connectivity index (χ3v) is 4.82. The average molecular weight is 393 g/mol. The highest BCUT2D eigenvalue weighted by Gasteiger charge is 2.09. The lowest BCUT2D eigenvalue weighted by Crippen LogP contribution is -2.20. The Balaban J connectivity index is 1.58. The predicted octanol–water partition coefficient (Wildman–Crippen LogP) is 5.44. The largest absolute Gasteiger partial charge is 0.484 e. The number of amides is 1. The molecule has 0 unspecified atom stereocenters. The summed E-state index contributed by atoms with van der Waals surface area (Å²) in [6.07, 6.45) is 0. The number of ether oxygens (including phenoxy) is 1. The maximum Gasteiger partial charge on any atom is 0.264 e. The molecular formula is C18H14Cl2N2O2S. The van der Waals surface area contributed by atoms with E-state index in [0.717, 1.165) is 16.8 Å². The van der Waals surface area contributed by atoms with Crippen LogP contribution in [0.15, 0.2) is 47.8 Å². The molecule has 0 aliphatic rings. The van der Waals surface area contributed by atoms with Crippen LogP contribution in [0.3, 0.4) is 0 Å². The van der Waals surface area contributed by atoms with Gasteiger partial charge in [-0.3, -0.25) is 10.1 Å². The fourth-order valence-corrected chi connectivity index (χ4v) is 3.07. The third-order valence-electron chi connectivity index (χ3n) is 3.39. The van der Waals surface area contributed by atoms with Gasteiger partial charge in [-0.05, 0) is 42.8 Å². The summed E-state index contributed by atoms with van der Waals surface area (Å²) >= 11 is 13.2. The van der Waals surface area contributed by atoms with Crippen molar-refractivity contribution in [3.05, 3.63) is 63.5 Å². The number of nitrogens with one attached hydrogen (secondary N) is 1. The first-order valence-corrected chi connectivity index (χ1v) is 9.05. The van der Waals surface area contributed by atoms with Gasteiger partial charge in [-0.1, -0.05) is 35.3 Å². The molecule has 0 aliphatic heterocycles. The molecule has 1 N–H and O–H groups in total. The van der Waals surface area contributed by atoms with Gasteiger partial charge in [0.2, 0.25) is 0 Å². The number of carbonyl (C=O) groups is 1. The minimum atomic E-state index is -0.274. The van der Waals surface area contributed by atoms with E-state index in [0.29, 0.717) is 20.9 Å². The van der Waals surface area contributed by atoms with Crippen molar-refractivity contribution in [3.63, 3.8) is 0 Å². The van der Waals surface area contributed by atoms with Gasteiger partial charge in [-0.25, -0.2) is 4.98 Å². The molecule has 0 aliphatic carbocycles. The first-order valence-electron chi connectivity index (χ1n) is 7.41. The van der Waals surface area contributed by atoms with E-state index in [2.05, 4.69) is 10.3 Å². The number of nitrogens with zero attached hydrogens (tertiary/aromatic N) is 1. The molecule has 1 aromatic heterocycles. The Bertz CT molecular complexity index is 894. The molecule has 25 heavy (non-hydrogen) atoms. The molecule has 0 saturated heterocycles. The number of hydrogen-bond acceptors (Lipinski definition) is 4. The molecule has 3 aromatic rings. The van der Waals surface area contributed by atoms with Crippen LogP contribution < -0.4 is 10.1 Å². The first-order chi connectivity index (χ1) is 12.0. The number of benzene rings is 2. The summed E-state index contributed by atoms with van der Waals surface area (Å²) in [6, 6.07) is 12.6. The normalized spacial score (nSPS) is 10.5. The summed E-state index contributed by atoms with van der Waals surface area (Å²) in [6.45, 7) is 1.78. The van der Waals surface area contributed by atoms with Gasteiger partial charge in [0.05, 0.1) is 5.69 Å². The van der Waals surface area contributed by atoms with Crippen molar-refractivity contribution >= 4 is 45.6 Å². The topological polar surface area (TPSA) is 51.2 Å². The quantitative estimate of drug-likeness (QED) is 0.628. The van der Waals surface area contributed by atoms with Crippen LogP contribution in [0.2, 0.25) is 10.0 Å². The second-order valence-corrected chi connectivity index (χ2v) is 6.99. The molecule has 0 radical (unpaired) electrons. The fourth-order valence-electron chi connectivity index (χ4n) is 2.10. The highest BCUT2D eigenvalue weighted by atomic mass is 35.5. The summed E-state index contributed by atoms with van der Waals surface area (Å²) < 4.78 is 5.47. The number of halogens is 2. The van der Waals surface area contributed by atoms with Gasteiger partial charge in [0.15, 0.2) is 11.7 Å². The zero-order valence-electron chi connectivity index (χ0n) is 13.3. The van der Waals surface area contributed by atoms with E-state index in [1.54, 1.807) is 30.3 Å². The third kappa shape index (κ3) is 4.72. The molecule has 3 rings (SSSR count). The van der Waals surface area contributed by atoms with E-state index in [1.165, 1.54) is 11.3 Å². The van der Waals surface area contributed by atoms with Crippen molar-refractivity contribution in [2.45, 2.75) is 6.92 Å². The van der Waals surface area contributed by atoms with Gasteiger partial charge >= 0.3 is 0 Å². The second-order valence-electron chi connectivity index (χ2n) is 5.29. The van der Waals surface area contributed by atoms with E-state index >= 15 is 0 Å². The Hall–Kier alpha value is -2.08. The molecule has 1 amide bonds. The lowest BCUT2D eigenvalue weighted by molar-refractivity contribution is -0.118. The van der Waals surface area contributed by atoms with Gasteiger partial charge in [0.1, 0.15) is 5.75 Å². The number of anilines is 1. The highest BCUT2D eigenvalue weighted by Crippen LogP contribution is 2.26. The molecule has 0 spiro atoms. The monoisotopic (exact) mass is 392 g/mol. The Morgan fingerprint density at radius 3 is 2.68 bits per heavy atom. The van der Waals surface area contributed by atoms with Crippen molar-refractivity contribution < 1.29 is 9.53 Å². The summed E-state index contributed by atoms with van der Waals surface area (Å²) in [7, 11) is 0. The van der Waals surface area contributed by atoms with Crippen molar-refractivity contribution in [3.8, 4) is 17.0 Å². The fraction of sp³-hybridized carbons (Fsp3) is 0.111. The Morgan fingerprint density at radius 1 is 1.20 bits per heavy atom. The minimum absolute atomic E-state index is 0.100. The summed E-state index contributed by atoms with van der Waals surface area (Å²) in [5, 5.41) is 6.46. The Morgan fingerprint density at radius 2 is 1.96 bits per heavy atom. The number of aromatic nitrogens is 1. The molecule has 0 fully saturated rings. The molecule has 0 atom stereocenters. The molecule has 4 nitrogen and oxygen atoms in total. The number of rotatable bonds is 5. The van der Waals surface area contributed by atoms with Gasteiger partial charge in [0, 0.05) is 21.0 Å². The molecule has 0 bridgehead atoms. The van der Waals surface area contributed by atoms with Crippen molar-refractivity contribution in [1.29, 1.82) is 0 Å². The van der Waals surface area contributed by atoms with Crippen molar-refractivity contribution in [2.24, 2.45) is 0 Å². The number of thiazole rings is 1. The van der Waals surface area contributed by atoms with Crippen LogP contribution in [-0.4, -0.2) is 17.5 Å². The van der Waals surface area contributed by atoms with Gasteiger partial charge in [-0.15, -0.1) is 11.3 Å². The van der Waals surface area contributed by atoms with Gasteiger partial charge in [-0.2, -0.15) is 0 Å². The highest BCUT2D eigenvalue weighted by molar-refractivity contribution is 7.14. The summed E-state index contributed by atoms with van der Waals surface area (Å²) in [5.74, 6) is 0.322. The Kier molecular flexibility index (Phi) is 5.58. The van der Waals surface area contributed by atoms with E-state index < -0.39 is 0 Å². The molecular weight excluding hydrogens is 379 g/mol. The summed E-state index contributed by atoms with van der Waals surface area (Å²) in [5.41, 5.74) is 2.62. The van der Waals surface area contributed by atoms with Gasteiger partial charge < -0.3 is 4.74 Å². The van der Waals surface area contributed by atoms with Crippen LogP contribution in [0.4, 0.5) is 5.13 Å². The number of aryl methyl sites for hydroxylation is 1. The van der Waals surface area contributed by atoms with Crippen molar-refractivity contribution in [1.82, 2.24) is 4.98 Å². The van der Waals surface area contributed by atoms with Crippen molar-refractivity contribution in [2.75, 3.05) is 11.9 Å². The van der Waals surface area contributed by atoms with E-state index in [1.807, 2.05) is 24.4 Å². The van der Waals surface area contributed by atoms with Crippen LogP contribution in [0.25, 0.3) is 11.3 Å². The lowest BCUT2D eigenvalue weighted by atomic mass is 10.2. The molecule has 1 heterocycles. The SMILES string of the molecule is Cc1cc(OCC(=O)Nc2nc(-c3ccc(Cl)cc3)cs2)ccc1Cl. The molecule has 0 saturated carbocycles. The Labute approximate surface area is 159 Å². The second kappa shape index (κ2) is 7.87. The van der Waals surface area contributed by atoms with E-state index in [9.17, 15) is 4.79 Å². The predicted molar refractivity (Wildman–Crippen MR) is 103 cm³/mol. The zero-order valence-corrected chi connectivity index (χ0v) is 15.6. The zero-order chi connectivity index (χ0) is 17.8. The number of carbonyl (C=O) groups excluding carboxylic acids is 1. The maximum absolute atomic E-state index is 12.0. The minimum Gasteiger partial charge on any atom is -0.484 e. The maximum atomic E-state index is 12.0. The van der Waals surface area contributed by atoms with E-state index in [4.69, 9.17) is 27.9 Å². The molecule has 2 aromatic carbocycles. The van der Waals surface area contributed by atoms with Crippen LogP contribution in [0.1, 0.15) is 5.56 Å². The molecule has 128 valence electrons. The van der Waals surface area contributed by atoms with Crippen LogP contribution in [-0.2, 0) is 4.79 Å². The standard InChI is InChI=1S/C18H14Cl2N2O2S/c1-11-8-14(6-7-15(11)20)24-9-17(23)22-18-21-16(10-25-18)12-2-4-13(19)5-3-12/h2-8,10H,9H2,1H3,(H,21,22,23).